The molecular weight excluding hydrogens is 342 g/mol. The SMILES string of the molecule is O=[N+]([O-])c1ccc(NC(=S)Nc2ccc(Br)cc2)cc1. The van der Waals surface area contributed by atoms with Crippen LogP contribution in [-0.2, 0) is 0 Å². The lowest BCUT2D eigenvalue weighted by Crippen LogP contribution is -2.18. The zero-order valence-corrected chi connectivity index (χ0v) is 12.6. The third kappa shape index (κ3) is 4.01. The number of thiocarbonyl (C=S) groups is 1. The lowest BCUT2D eigenvalue weighted by molar-refractivity contribution is -0.384. The molecule has 5 nitrogen and oxygen atoms in total. The van der Waals surface area contributed by atoms with Gasteiger partial charge in [0, 0.05) is 28.0 Å². The van der Waals surface area contributed by atoms with Gasteiger partial charge in [-0.05, 0) is 48.6 Å². The maximum Gasteiger partial charge on any atom is 0.269 e. The third-order valence-electron chi connectivity index (χ3n) is 2.44. The predicted molar refractivity (Wildman–Crippen MR) is 87.1 cm³/mol. The van der Waals surface area contributed by atoms with Crippen LogP contribution >= 0.6 is 28.1 Å². The molecule has 0 saturated carbocycles. The summed E-state index contributed by atoms with van der Waals surface area (Å²) in [4.78, 5) is 10.1. The molecule has 0 heterocycles. The smallest absolute Gasteiger partial charge is 0.269 e. The second kappa shape index (κ2) is 6.44. The first-order chi connectivity index (χ1) is 9.54. The molecule has 0 saturated heterocycles. The number of nitrogens with one attached hydrogen (secondary N) is 2. The Balaban J connectivity index is 1.97. The van der Waals surface area contributed by atoms with E-state index in [1.165, 1.54) is 12.1 Å². The quantitative estimate of drug-likeness (QED) is 0.493. The Kier molecular flexibility index (Phi) is 4.65. The van der Waals surface area contributed by atoms with E-state index in [1.807, 2.05) is 24.3 Å². The molecule has 0 bridgehead atoms. The summed E-state index contributed by atoms with van der Waals surface area (Å²) in [6.07, 6.45) is 0. The minimum absolute atomic E-state index is 0.0438. The molecule has 0 radical (unpaired) electrons. The average molecular weight is 352 g/mol. The summed E-state index contributed by atoms with van der Waals surface area (Å²) in [7, 11) is 0. The maximum absolute atomic E-state index is 10.5. The van der Waals surface area contributed by atoms with Crippen molar-refractivity contribution < 1.29 is 4.92 Å². The van der Waals surface area contributed by atoms with Crippen molar-refractivity contribution in [3.63, 3.8) is 0 Å². The number of nitrogens with zero attached hydrogens (tertiary/aromatic N) is 1. The molecule has 2 rings (SSSR count). The molecule has 7 heteroatoms. The van der Waals surface area contributed by atoms with Crippen LogP contribution in [0.5, 0.6) is 0 Å². The first-order valence-electron chi connectivity index (χ1n) is 5.62. The fourth-order valence-corrected chi connectivity index (χ4v) is 1.99. The summed E-state index contributed by atoms with van der Waals surface area (Å²) in [5, 5.41) is 16.9. The van der Waals surface area contributed by atoms with Gasteiger partial charge in [0.1, 0.15) is 0 Å². The van der Waals surface area contributed by atoms with Crippen molar-refractivity contribution in [2.75, 3.05) is 10.6 Å². The van der Waals surface area contributed by atoms with Gasteiger partial charge in [-0.25, -0.2) is 0 Å². The molecule has 0 amide bonds. The van der Waals surface area contributed by atoms with E-state index in [-0.39, 0.29) is 5.69 Å². The number of hydrogen-bond donors (Lipinski definition) is 2. The van der Waals surface area contributed by atoms with Gasteiger partial charge in [-0.15, -0.1) is 0 Å². The fraction of sp³-hybridized carbons (Fsp3) is 0. The third-order valence-corrected chi connectivity index (χ3v) is 3.17. The molecule has 0 aliphatic carbocycles. The molecular formula is C13H10BrN3O2S. The minimum atomic E-state index is -0.442. The Hall–Kier alpha value is -1.99. The van der Waals surface area contributed by atoms with Gasteiger partial charge >= 0.3 is 0 Å². The van der Waals surface area contributed by atoms with E-state index in [4.69, 9.17) is 12.2 Å². The van der Waals surface area contributed by atoms with Crippen LogP contribution in [0.15, 0.2) is 53.0 Å². The zero-order valence-electron chi connectivity index (χ0n) is 10.2. The van der Waals surface area contributed by atoms with E-state index in [1.54, 1.807) is 12.1 Å². The summed E-state index contributed by atoms with van der Waals surface area (Å²) in [6, 6.07) is 13.6. The molecule has 0 fully saturated rings. The highest BCUT2D eigenvalue weighted by molar-refractivity contribution is 9.10. The average Bonchev–Trinajstić information content (AvgIpc) is 2.42. The van der Waals surface area contributed by atoms with Gasteiger partial charge in [-0.1, -0.05) is 15.9 Å². The lowest BCUT2D eigenvalue weighted by Gasteiger charge is -2.10. The number of benzene rings is 2. The summed E-state index contributed by atoms with van der Waals surface area (Å²) in [5.74, 6) is 0. The molecule has 0 aliphatic heterocycles. The van der Waals surface area contributed by atoms with Crippen molar-refractivity contribution in [2.24, 2.45) is 0 Å². The van der Waals surface area contributed by atoms with Crippen LogP contribution in [0.25, 0.3) is 0 Å². The van der Waals surface area contributed by atoms with Crippen molar-refractivity contribution in [3.05, 3.63) is 63.1 Å². The van der Waals surface area contributed by atoms with Crippen LogP contribution in [0.2, 0.25) is 0 Å². The number of nitro benzene ring substituents is 1. The van der Waals surface area contributed by atoms with Crippen molar-refractivity contribution in [1.82, 2.24) is 0 Å². The van der Waals surface area contributed by atoms with Crippen LogP contribution in [0.3, 0.4) is 0 Å². The second-order valence-electron chi connectivity index (χ2n) is 3.89. The van der Waals surface area contributed by atoms with Gasteiger partial charge < -0.3 is 10.6 Å². The Morgan fingerprint density at radius 2 is 1.45 bits per heavy atom. The van der Waals surface area contributed by atoms with Crippen LogP contribution in [0.4, 0.5) is 17.1 Å². The van der Waals surface area contributed by atoms with E-state index in [2.05, 4.69) is 26.6 Å². The van der Waals surface area contributed by atoms with Crippen LogP contribution in [0.1, 0.15) is 0 Å². The van der Waals surface area contributed by atoms with Gasteiger partial charge in [-0.3, -0.25) is 10.1 Å². The van der Waals surface area contributed by atoms with Crippen LogP contribution < -0.4 is 10.6 Å². The van der Waals surface area contributed by atoms with E-state index >= 15 is 0 Å². The first kappa shape index (κ1) is 14.4. The molecule has 0 aliphatic rings. The van der Waals surface area contributed by atoms with Gasteiger partial charge in [0.2, 0.25) is 0 Å². The summed E-state index contributed by atoms with van der Waals surface area (Å²) >= 11 is 8.52. The maximum atomic E-state index is 10.5. The zero-order chi connectivity index (χ0) is 14.5. The van der Waals surface area contributed by atoms with Crippen LogP contribution in [0, 0.1) is 10.1 Å². The molecule has 20 heavy (non-hydrogen) atoms. The highest BCUT2D eigenvalue weighted by Crippen LogP contribution is 2.17. The Morgan fingerprint density at radius 3 is 1.90 bits per heavy atom. The highest BCUT2D eigenvalue weighted by Gasteiger charge is 2.04. The summed E-state index contributed by atoms with van der Waals surface area (Å²) in [6.45, 7) is 0. The molecule has 0 aromatic heterocycles. The lowest BCUT2D eigenvalue weighted by atomic mass is 10.3. The monoisotopic (exact) mass is 351 g/mol. The number of anilines is 2. The molecule has 0 unspecified atom stereocenters. The van der Waals surface area contributed by atoms with Gasteiger partial charge in [0.15, 0.2) is 5.11 Å². The number of non-ortho nitro benzene ring substituents is 1. The summed E-state index contributed by atoms with van der Waals surface area (Å²) < 4.78 is 0.984. The molecule has 0 atom stereocenters. The number of hydrogen-bond acceptors (Lipinski definition) is 3. The van der Waals surface area contributed by atoms with Crippen molar-refractivity contribution in [3.8, 4) is 0 Å². The van der Waals surface area contributed by atoms with Crippen LogP contribution in [-0.4, -0.2) is 10.0 Å². The topological polar surface area (TPSA) is 67.2 Å². The fourth-order valence-electron chi connectivity index (χ4n) is 1.49. The molecule has 2 aromatic rings. The second-order valence-corrected chi connectivity index (χ2v) is 5.21. The van der Waals surface area contributed by atoms with E-state index in [0.717, 1.165) is 10.2 Å². The standard InChI is InChI=1S/C13H10BrN3O2S/c14-9-1-3-10(4-2-9)15-13(20)16-11-5-7-12(8-6-11)17(18)19/h1-8H,(H2,15,16,20). The number of nitro groups is 1. The van der Waals surface area contributed by atoms with Crippen molar-refractivity contribution in [2.45, 2.75) is 0 Å². The summed E-state index contributed by atoms with van der Waals surface area (Å²) in [5.41, 5.74) is 1.58. The number of rotatable bonds is 3. The Morgan fingerprint density at radius 1 is 1.00 bits per heavy atom. The number of halogens is 1. The molecule has 2 aromatic carbocycles. The predicted octanol–water partition coefficient (Wildman–Crippen LogP) is 4.17. The molecule has 2 N–H and O–H groups in total. The minimum Gasteiger partial charge on any atom is -0.332 e. The van der Waals surface area contributed by atoms with Gasteiger partial charge in [0.25, 0.3) is 5.69 Å². The van der Waals surface area contributed by atoms with Crippen molar-refractivity contribution >= 4 is 50.3 Å². The van der Waals surface area contributed by atoms with E-state index in [0.29, 0.717) is 10.8 Å². The van der Waals surface area contributed by atoms with Gasteiger partial charge in [0.05, 0.1) is 4.92 Å². The Bertz CT molecular complexity index is 629. The van der Waals surface area contributed by atoms with Crippen molar-refractivity contribution in [1.29, 1.82) is 0 Å². The normalized spacial score (nSPS) is 9.85. The molecule has 102 valence electrons. The Labute approximate surface area is 129 Å². The van der Waals surface area contributed by atoms with E-state index < -0.39 is 4.92 Å². The van der Waals surface area contributed by atoms with Gasteiger partial charge in [-0.2, -0.15) is 0 Å². The highest BCUT2D eigenvalue weighted by atomic mass is 79.9. The largest absolute Gasteiger partial charge is 0.332 e. The first-order valence-corrected chi connectivity index (χ1v) is 6.83. The van der Waals surface area contributed by atoms with E-state index in [9.17, 15) is 10.1 Å². The molecule has 0 spiro atoms.